The maximum absolute atomic E-state index is 10.9. The fourth-order valence-corrected chi connectivity index (χ4v) is 1.91. The molecular formula is C18H20O3. The molecule has 2 aromatic rings. The van der Waals surface area contributed by atoms with Gasteiger partial charge in [-0.25, -0.2) is 0 Å². The van der Waals surface area contributed by atoms with Crippen LogP contribution in [0.5, 0.6) is 11.5 Å². The highest BCUT2D eigenvalue weighted by molar-refractivity contribution is 5.75. The van der Waals surface area contributed by atoms with Crippen molar-refractivity contribution >= 4 is 5.78 Å². The van der Waals surface area contributed by atoms with Gasteiger partial charge in [-0.3, -0.25) is 0 Å². The van der Waals surface area contributed by atoms with Crippen LogP contribution in [-0.4, -0.2) is 19.0 Å². The number of aryl methyl sites for hydroxylation is 1. The highest BCUT2D eigenvalue weighted by Crippen LogP contribution is 2.14. The van der Waals surface area contributed by atoms with E-state index in [2.05, 4.69) is 0 Å². The van der Waals surface area contributed by atoms with Gasteiger partial charge in [-0.05, 0) is 43.2 Å². The summed E-state index contributed by atoms with van der Waals surface area (Å²) in [6.45, 7) is 2.63. The highest BCUT2D eigenvalue weighted by Gasteiger charge is 1.99. The average Bonchev–Trinajstić information content (AvgIpc) is 2.52. The van der Waals surface area contributed by atoms with E-state index in [0.29, 0.717) is 19.6 Å². The second-order valence-corrected chi connectivity index (χ2v) is 4.86. The molecule has 0 saturated heterocycles. The zero-order valence-electron chi connectivity index (χ0n) is 12.2. The van der Waals surface area contributed by atoms with E-state index >= 15 is 0 Å². The number of carbonyl (C=O) groups excluding carboxylic acids is 1. The van der Waals surface area contributed by atoms with Crippen LogP contribution in [0.15, 0.2) is 54.6 Å². The lowest BCUT2D eigenvalue weighted by atomic mass is 10.1. The molecule has 0 radical (unpaired) electrons. The number of para-hydroxylation sites is 1. The Morgan fingerprint density at radius 2 is 1.43 bits per heavy atom. The largest absolute Gasteiger partial charge is 0.490 e. The lowest BCUT2D eigenvalue weighted by Gasteiger charge is -2.08. The van der Waals surface area contributed by atoms with Crippen molar-refractivity contribution in [2.24, 2.45) is 0 Å². The summed E-state index contributed by atoms with van der Waals surface area (Å²) in [6, 6.07) is 17.5. The summed E-state index contributed by atoms with van der Waals surface area (Å²) in [5, 5.41) is 0. The molecule has 3 nitrogen and oxygen atoms in total. The van der Waals surface area contributed by atoms with E-state index in [0.717, 1.165) is 23.5 Å². The average molecular weight is 284 g/mol. The molecule has 0 spiro atoms. The molecule has 2 rings (SSSR count). The van der Waals surface area contributed by atoms with E-state index in [9.17, 15) is 4.79 Å². The molecule has 0 bridgehead atoms. The molecule has 110 valence electrons. The molecule has 0 heterocycles. The van der Waals surface area contributed by atoms with E-state index < -0.39 is 0 Å². The predicted octanol–water partition coefficient (Wildman–Crippen LogP) is 3.67. The van der Waals surface area contributed by atoms with Crippen LogP contribution in [0.25, 0.3) is 0 Å². The van der Waals surface area contributed by atoms with E-state index in [-0.39, 0.29) is 5.78 Å². The molecular weight excluding hydrogens is 264 g/mol. The molecule has 0 amide bonds. The molecule has 2 aromatic carbocycles. The van der Waals surface area contributed by atoms with Gasteiger partial charge in [0.2, 0.25) is 0 Å². The van der Waals surface area contributed by atoms with E-state index in [1.807, 2.05) is 54.6 Å². The van der Waals surface area contributed by atoms with Crippen LogP contribution in [0, 0.1) is 0 Å². The second kappa shape index (κ2) is 8.10. The molecule has 0 aliphatic heterocycles. The Bertz CT molecular complexity index is 546. The molecule has 0 aliphatic carbocycles. The van der Waals surface area contributed by atoms with Gasteiger partial charge in [0.15, 0.2) is 0 Å². The molecule has 0 aliphatic rings. The second-order valence-electron chi connectivity index (χ2n) is 4.86. The number of hydrogen-bond acceptors (Lipinski definition) is 3. The number of rotatable bonds is 8. The maximum atomic E-state index is 10.9. The van der Waals surface area contributed by atoms with E-state index in [1.54, 1.807) is 6.92 Å². The Morgan fingerprint density at radius 3 is 2.00 bits per heavy atom. The van der Waals surface area contributed by atoms with Crippen molar-refractivity contribution in [3.8, 4) is 11.5 Å². The van der Waals surface area contributed by atoms with Crippen molar-refractivity contribution < 1.29 is 14.3 Å². The lowest BCUT2D eigenvalue weighted by Crippen LogP contribution is -2.08. The first kappa shape index (κ1) is 15.1. The minimum Gasteiger partial charge on any atom is -0.490 e. The Labute approximate surface area is 125 Å². The number of hydrogen-bond donors (Lipinski definition) is 0. The van der Waals surface area contributed by atoms with Gasteiger partial charge in [0.1, 0.15) is 30.5 Å². The minimum absolute atomic E-state index is 0.216. The zero-order chi connectivity index (χ0) is 14.9. The number of benzene rings is 2. The van der Waals surface area contributed by atoms with Crippen molar-refractivity contribution in [3.63, 3.8) is 0 Å². The van der Waals surface area contributed by atoms with Gasteiger partial charge < -0.3 is 14.3 Å². The number of Topliss-reactive ketones (excluding diaryl/α,β-unsaturated/α-hetero) is 1. The molecule has 0 N–H and O–H groups in total. The van der Waals surface area contributed by atoms with Crippen molar-refractivity contribution in [1.29, 1.82) is 0 Å². The summed E-state index contributed by atoms with van der Waals surface area (Å²) in [5.41, 5.74) is 1.15. The first-order chi connectivity index (χ1) is 10.2. The summed E-state index contributed by atoms with van der Waals surface area (Å²) >= 11 is 0. The van der Waals surface area contributed by atoms with Gasteiger partial charge in [-0.15, -0.1) is 0 Å². The standard InChI is InChI=1S/C18H20O3/c1-15(19)7-8-16-9-11-18(12-10-16)21-14-13-20-17-5-3-2-4-6-17/h2-6,9-12H,7-8,13-14H2,1H3. The fourth-order valence-electron chi connectivity index (χ4n) is 1.91. The van der Waals surface area contributed by atoms with Crippen LogP contribution in [0.3, 0.4) is 0 Å². The summed E-state index contributed by atoms with van der Waals surface area (Å²) in [7, 11) is 0. The SMILES string of the molecule is CC(=O)CCc1ccc(OCCOc2ccccc2)cc1. The van der Waals surface area contributed by atoms with Gasteiger partial charge >= 0.3 is 0 Å². The Kier molecular flexibility index (Phi) is 5.83. The number of ketones is 1. The van der Waals surface area contributed by atoms with Crippen molar-refractivity contribution in [1.82, 2.24) is 0 Å². The molecule has 0 saturated carbocycles. The fraction of sp³-hybridized carbons (Fsp3) is 0.278. The first-order valence-corrected chi connectivity index (χ1v) is 7.13. The lowest BCUT2D eigenvalue weighted by molar-refractivity contribution is -0.116. The zero-order valence-corrected chi connectivity index (χ0v) is 12.2. The first-order valence-electron chi connectivity index (χ1n) is 7.13. The van der Waals surface area contributed by atoms with Gasteiger partial charge in [0.05, 0.1) is 0 Å². The smallest absolute Gasteiger partial charge is 0.130 e. The van der Waals surface area contributed by atoms with Gasteiger partial charge in [-0.2, -0.15) is 0 Å². The molecule has 0 unspecified atom stereocenters. The number of carbonyl (C=O) groups is 1. The van der Waals surface area contributed by atoms with Crippen LogP contribution in [0.1, 0.15) is 18.9 Å². The normalized spacial score (nSPS) is 10.1. The van der Waals surface area contributed by atoms with Crippen LogP contribution >= 0.6 is 0 Å². The van der Waals surface area contributed by atoms with Crippen LogP contribution < -0.4 is 9.47 Å². The topological polar surface area (TPSA) is 35.5 Å². The molecule has 21 heavy (non-hydrogen) atoms. The van der Waals surface area contributed by atoms with E-state index in [4.69, 9.17) is 9.47 Å². The van der Waals surface area contributed by atoms with Crippen LogP contribution in [-0.2, 0) is 11.2 Å². The van der Waals surface area contributed by atoms with E-state index in [1.165, 1.54) is 0 Å². The van der Waals surface area contributed by atoms with Gasteiger partial charge in [0, 0.05) is 6.42 Å². The monoisotopic (exact) mass is 284 g/mol. The van der Waals surface area contributed by atoms with Crippen LogP contribution in [0.4, 0.5) is 0 Å². The highest BCUT2D eigenvalue weighted by atomic mass is 16.5. The van der Waals surface area contributed by atoms with Gasteiger partial charge in [-0.1, -0.05) is 30.3 Å². The summed E-state index contributed by atoms with van der Waals surface area (Å²) in [6.07, 6.45) is 1.37. The molecule has 0 aromatic heterocycles. The molecule has 3 heteroatoms. The van der Waals surface area contributed by atoms with Crippen molar-refractivity contribution in [2.75, 3.05) is 13.2 Å². The van der Waals surface area contributed by atoms with Crippen molar-refractivity contribution in [2.45, 2.75) is 19.8 Å². The summed E-state index contributed by atoms with van der Waals surface area (Å²) < 4.78 is 11.2. The quantitative estimate of drug-likeness (QED) is 0.694. The van der Waals surface area contributed by atoms with Crippen LogP contribution in [0.2, 0.25) is 0 Å². The molecule has 0 fully saturated rings. The molecule has 0 atom stereocenters. The Morgan fingerprint density at radius 1 is 0.857 bits per heavy atom. The van der Waals surface area contributed by atoms with Gasteiger partial charge in [0.25, 0.3) is 0 Å². The summed E-state index contributed by atoms with van der Waals surface area (Å²) in [5.74, 6) is 1.88. The summed E-state index contributed by atoms with van der Waals surface area (Å²) in [4.78, 5) is 10.9. The van der Waals surface area contributed by atoms with Crippen molar-refractivity contribution in [3.05, 3.63) is 60.2 Å². The minimum atomic E-state index is 0.216. The third-order valence-electron chi connectivity index (χ3n) is 3.05. The Balaban J connectivity index is 1.70. The number of ether oxygens (including phenoxy) is 2. The third kappa shape index (κ3) is 5.69. The maximum Gasteiger partial charge on any atom is 0.130 e. The Hall–Kier alpha value is -2.29. The third-order valence-corrected chi connectivity index (χ3v) is 3.05. The predicted molar refractivity (Wildman–Crippen MR) is 82.9 cm³/mol.